The molecule has 1 saturated carbocycles. The number of urea groups is 1. The third-order valence-corrected chi connectivity index (χ3v) is 6.92. The number of para-hydroxylation sites is 1. The molecule has 0 unspecified atom stereocenters. The van der Waals surface area contributed by atoms with Crippen molar-refractivity contribution in [2.75, 3.05) is 13.1 Å². The number of carbonyl (C=O) groups is 2. The van der Waals surface area contributed by atoms with Crippen LogP contribution in [0.5, 0.6) is 5.75 Å². The number of nitrogens with zero attached hydrogens (tertiary/aromatic N) is 2. The number of rotatable bonds is 3. The molecule has 1 N–H and O–H groups in total. The summed E-state index contributed by atoms with van der Waals surface area (Å²) in [5.41, 5.74) is 0.536. The molecule has 1 aliphatic carbocycles. The van der Waals surface area contributed by atoms with Gasteiger partial charge in [0.25, 0.3) is 5.91 Å². The lowest BCUT2D eigenvalue weighted by Crippen LogP contribution is -2.63. The molecule has 6 nitrogen and oxygen atoms in total. The van der Waals surface area contributed by atoms with Gasteiger partial charge in [-0.05, 0) is 42.7 Å². The van der Waals surface area contributed by atoms with Gasteiger partial charge in [0, 0.05) is 38.5 Å². The fourth-order valence-corrected chi connectivity index (χ4v) is 5.08. The summed E-state index contributed by atoms with van der Waals surface area (Å²) in [6.45, 7) is 1.34. The van der Waals surface area contributed by atoms with E-state index >= 15 is 0 Å². The molecule has 32 heavy (non-hydrogen) atoms. The van der Waals surface area contributed by atoms with Crippen molar-refractivity contribution in [1.82, 2.24) is 15.1 Å². The first-order valence-corrected chi connectivity index (χ1v) is 11.4. The van der Waals surface area contributed by atoms with Crippen molar-refractivity contribution in [2.45, 2.75) is 56.8 Å². The fourth-order valence-electron chi connectivity index (χ4n) is 5.08. The van der Waals surface area contributed by atoms with Gasteiger partial charge in [-0.3, -0.25) is 9.69 Å². The maximum atomic E-state index is 13.5. The standard InChI is InChI=1S/C25H28FN3O3/c26-19-11-9-18(10-12-19)17-29-23(30)21-7-3-4-8-22(21)32-25(29)13-15-28(16-14-25)24(31)27-20-5-1-2-6-20/h3-4,7-12,20H,1-2,5-6,13-17H2,(H,27,31). The molecule has 2 aliphatic heterocycles. The van der Waals surface area contributed by atoms with Crippen LogP contribution in [0.3, 0.4) is 0 Å². The van der Waals surface area contributed by atoms with E-state index in [0.717, 1.165) is 18.4 Å². The summed E-state index contributed by atoms with van der Waals surface area (Å²) >= 11 is 0. The summed E-state index contributed by atoms with van der Waals surface area (Å²) in [5, 5.41) is 3.15. The fraction of sp³-hybridized carbons (Fsp3) is 0.440. The second kappa shape index (κ2) is 8.45. The van der Waals surface area contributed by atoms with Crippen LogP contribution in [-0.2, 0) is 6.54 Å². The van der Waals surface area contributed by atoms with Gasteiger partial charge in [-0.2, -0.15) is 0 Å². The highest BCUT2D eigenvalue weighted by Gasteiger charge is 2.49. The molecular formula is C25H28FN3O3. The van der Waals surface area contributed by atoms with Gasteiger partial charge in [0.1, 0.15) is 11.6 Å². The van der Waals surface area contributed by atoms with Gasteiger partial charge < -0.3 is 15.0 Å². The highest BCUT2D eigenvalue weighted by Crippen LogP contribution is 2.40. The molecule has 0 radical (unpaired) electrons. The molecule has 2 aromatic carbocycles. The number of likely N-dealkylation sites (tertiary alicyclic amines) is 1. The summed E-state index contributed by atoms with van der Waals surface area (Å²) in [7, 11) is 0. The largest absolute Gasteiger partial charge is 0.467 e. The molecule has 168 valence electrons. The summed E-state index contributed by atoms with van der Waals surface area (Å²) in [6, 6.07) is 13.7. The monoisotopic (exact) mass is 437 g/mol. The van der Waals surface area contributed by atoms with Crippen molar-refractivity contribution in [3.05, 3.63) is 65.5 Å². The number of hydrogen-bond donors (Lipinski definition) is 1. The average Bonchev–Trinajstić information content (AvgIpc) is 3.31. The molecule has 2 fully saturated rings. The molecule has 1 saturated heterocycles. The van der Waals surface area contributed by atoms with E-state index in [0.29, 0.717) is 43.8 Å². The number of piperidine rings is 1. The second-order valence-corrected chi connectivity index (χ2v) is 8.98. The van der Waals surface area contributed by atoms with Crippen LogP contribution in [0.2, 0.25) is 0 Å². The number of hydrogen-bond acceptors (Lipinski definition) is 3. The number of carbonyl (C=O) groups excluding carboxylic acids is 2. The minimum absolute atomic E-state index is 0.0284. The zero-order valence-electron chi connectivity index (χ0n) is 18.1. The third-order valence-electron chi connectivity index (χ3n) is 6.92. The Balaban J connectivity index is 1.37. The molecule has 2 heterocycles. The van der Waals surface area contributed by atoms with Crippen LogP contribution in [-0.4, -0.2) is 46.6 Å². The zero-order valence-corrected chi connectivity index (χ0v) is 18.1. The van der Waals surface area contributed by atoms with E-state index in [1.165, 1.54) is 25.0 Å². The molecule has 5 rings (SSSR count). The number of ether oxygens (including phenoxy) is 1. The first-order valence-electron chi connectivity index (χ1n) is 11.4. The number of amides is 3. The molecule has 3 amide bonds. The summed E-state index contributed by atoms with van der Waals surface area (Å²) < 4.78 is 19.9. The van der Waals surface area contributed by atoms with E-state index in [9.17, 15) is 14.0 Å². The van der Waals surface area contributed by atoms with Gasteiger partial charge in [0.2, 0.25) is 0 Å². The molecular weight excluding hydrogens is 409 g/mol. The van der Waals surface area contributed by atoms with Gasteiger partial charge in [0.15, 0.2) is 5.72 Å². The van der Waals surface area contributed by atoms with E-state index in [4.69, 9.17) is 4.74 Å². The van der Waals surface area contributed by atoms with E-state index in [1.54, 1.807) is 23.1 Å². The van der Waals surface area contributed by atoms with E-state index in [1.807, 2.05) is 23.1 Å². The van der Waals surface area contributed by atoms with Crippen molar-refractivity contribution >= 4 is 11.9 Å². The molecule has 0 bridgehead atoms. The number of halogens is 1. The van der Waals surface area contributed by atoms with Gasteiger partial charge in [-0.25, -0.2) is 9.18 Å². The van der Waals surface area contributed by atoms with Crippen molar-refractivity contribution in [2.24, 2.45) is 0 Å². The van der Waals surface area contributed by atoms with Crippen molar-refractivity contribution in [3.8, 4) is 5.75 Å². The first kappa shape index (κ1) is 20.8. The normalized spacial score (nSPS) is 20.2. The Labute approximate surface area is 187 Å². The van der Waals surface area contributed by atoms with Crippen LogP contribution in [0.1, 0.15) is 54.4 Å². The van der Waals surface area contributed by atoms with Crippen molar-refractivity contribution < 1.29 is 18.7 Å². The van der Waals surface area contributed by atoms with Gasteiger partial charge in [-0.15, -0.1) is 0 Å². The second-order valence-electron chi connectivity index (χ2n) is 8.98. The van der Waals surface area contributed by atoms with Gasteiger partial charge >= 0.3 is 6.03 Å². The zero-order chi connectivity index (χ0) is 22.1. The van der Waals surface area contributed by atoms with Crippen molar-refractivity contribution in [1.29, 1.82) is 0 Å². The van der Waals surface area contributed by atoms with E-state index in [2.05, 4.69) is 5.32 Å². The molecule has 3 aliphatic rings. The van der Waals surface area contributed by atoms with Crippen LogP contribution < -0.4 is 10.1 Å². The Morgan fingerprint density at radius 2 is 1.75 bits per heavy atom. The Kier molecular flexibility index (Phi) is 5.49. The number of fused-ring (bicyclic) bond motifs is 1. The predicted molar refractivity (Wildman–Crippen MR) is 118 cm³/mol. The highest BCUT2D eigenvalue weighted by atomic mass is 19.1. The summed E-state index contributed by atoms with van der Waals surface area (Å²) in [6.07, 6.45) is 5.47. The number of nitrogens with one attached hydrogen (secondary N) is 1. The van der Waals surface area contributed by atoms with Crippen LogP contribution in [0.25, 0.3) is 0 Å². The maximum Gasteiger partial charge on any atom is 0.317 e. The van der Waals surface area contributed by atoms with Crippen LogP contribution >= 0.6 is 0 Å². The Morgan fingerprint density at radius 1 is 1.06 bits per heavy atom. The maximum absolute atomic E-state index is 13.5. The van der Waals surface area contributed by atoms with E-state index < -0.39 is 5.72 Å². The molecule has 1 spiro atoms. The lowest BCUT2D eigenvalue weighted by atomic mass is 9.93. The average molecular weight is 438 g/mol. The van der Waals surface area contributed by atoms with Gasteiger partial charge in [0.05, 0.1) is 5.56 Å². The predicted octanol–water partition coefficient (Wildman–Crippen LogP) is 4.30. The first-order chi connectivity index (χ1) is 15.5. The molecule has 0 aromatic heterocycles. The smallest absolute Gasteiger partial charge is 0.317 e. The molecule has 0 atom stereocenters. The molecule has 2 aromatic rings. The van der Waals surface area contributed by atoms with Crippen LogP contribution in [0, 0.1) is 5.82 Å². The van der Waals surface area contributed by atoms with Crippen LogP contribution in [0.15, 0.2) is 48.5 Å². The Morgan fingerprint density at radius 3 is 2.47 bits per heavy atom. The van der Waals surface area contributed by atoms with Gasteiger partial charge in [-0.1, -0.05) is 37.1 Å². The van der Waals surface area contributed by atoms with Crippen molar-refractivity contribution in [3.63, 3.8) is 0 Å². The number of benzene rings is 2. The lowest BCUT2D eigenvalue weighted by molar-refractivity contribution is -0.109. The SMILES string of the molecule is O=C(NC1CCCC1)N1CCC2(CC1)Oc1ccccc1C(=O)N2Cc1ccc(F)cc1. The Hall–Kier alpha value is -3.09. The third kappa shape index (κ3) is 3.92. The van der Waals surface area contributed by atoms with E-state index in [-0.39, 0.29) is 23.8 Å². The summed E-state index contributed by atoms with van der Waals surface area (Å²) in [5.74, 6) is 0.174. The minimum atomic E-state index is -0.829. The topological polar surface area (TPSA) is 61.9 Å². The summed E-state index contributed by atoms with van der Waals surface area (Å²) in [4.78, 5) is 29.8. The minimum Gasteiger partial charge on any atom is -0.467 e. The quantitative estimate of drug-likeness (QED) is 0.779. The molecule has 7 heteroatoms. The van der Waals surface area contributed by atoms with Crippen LogP contribution in [0.4, 0.5) is 9.18 Å². The lowest BCUT2D eigenvalue weighted by Gasteiger charge is -2.50. The Bertz CT molecular complexity index is 996. The highest BCUT2D eigenvalue weighted by molar-refractivity contribution is 5.98.